The molecule has 2 aromatic carbocycles. The summed E-state index contributed by atoms with van der Waals surface area (Å²) in [5, 5.41) is 65.8. The van der Waals surface area contributed by atoms with E-state index < -0.39 is 92.1 Å². The number of amides is 3. The average molecular weight is 815 g/mol. The summed E-state index contributed by atoms with van der Waals surface area (Å²) in [5.41, 5.74) is 6.48. The number of phenols is 2. The minimum absolute atomic E-state index is 0. The van der Waals surface area contributed by atoms with E-state index in [1.807, 2.05) is 0 Å². The van der Waals surface area contributed by atoms with Crippen LogP contribution in [0.4, 0.5) is 0 Å². The molecular formula is C32H37N6Na3O11S2. The minimum atomic E-state index is -1.82. The molecule has 17 nitrogen and oxygen atoms in total. The molecule has 0 radical (unpaired) electrons. The number of phenolic OH excluding ortho intramolecular Hbond substituents is 2. The van der Waals surface area contributed by atoms with Gasteiger partial charge in [0.05, 0.1) is 46.8 Å². The van der Waals surface area contributed by atoms with E-state index in [2.05, 4.69) is 26.6 Å². The van der Waals surface area contributed by atoms with Crippen molar-refractivity contribution in [1.82, 2.24) is 26.6 Å². The molecule has 0 spiro atoms. The molecule has 0 aromatic heterocycles. The van der Waals surface area contributed by atoms with Crippen LogP contribution in [0.15, 0.2) is 48.5 Å². The van der Waals surface area contributed by atoms with Crippen LogP contribution in [0.1, 0.15) is 50.9 Å². The van der Waals surface area contributed by atoms with Gasteiger partial charge >= 0.3 is 88.7 Å². The van der Waals surface area contributed by atoms with Gasteiger partial charge in [-0.3, -0.25) is 25.0 Å². The number of hydrogen-bond acceptors (Lipinski definition) is 16. The van der Waals surface area contributed by atoms with E-state index in [9.17, 15) is 54.3 Å². The maximum Gasteiger partial charge on any atom is 1.00 e. The van der Waals surface area contributed by atoms with Gasteiger partial charge in [0.15, 0.2) is 0 Å². The molecule has 2 aromatic rings. The molecule has 0 aliphatic carbocycles. The first-order valence-corrected chi connectivity index (χ1v) is 17.2. The molecule has 0 saturated carbocycles. The number of aliphatic carboxylic acids is 3. The molecule has 0 bridgehead atoms. The predicted octanol–water partition coefficient (Wildman–Crippen LogP) is -13.2. The number of carbonyl (C=O) groups is 6. The van der Waals surface area contributed by atoms with E-state index in [4.69, 9.17) is 5.73 Å². The van der Waals surface area contributed by atoms with Crippen LogP contribution in [0.25, 0.3) is 0 Å². The van der Waals surface area contributed by atoms with Crippen LogP contribution < -0.4 is 136 Å². The Labute approximate surface area is 385 Å². The zero-order chi connectivity index (χ0) is 38.0. The number of aromatic hydroxyl groups is 2. The summed E-state index contributed by atoms with van der Waals surface area (Å²) in [6, 6.07) is 1.30. The zero-order valence-electron chi connectivity index (χ0n) is 30.7. The molecule has 54 heavy (non-hydrogen) atoms. The van der Waals surface area contributed by atoms with Gasteiger partial charge in [-0.05, 0) is 63.1 Å². The summed E-state index contributed by atoms with van der Waals surface area (Å²) < 4.78 is -2.10. The number of benzene rings is 2. The normalized spacial score (nSPS) is 23.0. The Kier molecular flexibility index (Phi) is 19.4. The molecule has 2 saturated heterocycles. The number of rotatable bonds is 13. The number of carboxylic acids is 3. The van der Waals surface area contributed by atoms with Crippen LogP contribution in [-0.4, -0.2) is 90.3 Å². The third-order valence-corrected chi connectivity index (χ3v) is 11.4. The van der Waals surface area contributed by atoms with Crippen molar-refractivity contribution < 1.29 is 143 Å². The fourth-order valence-electron chi connectivity index (χ4n) is 5.67. The summed E-state index contributed by atoms with van der Waals surface area (Å²) in [5.74, 6) is -8.02. The van der Waals surface area contributed by atoms with Gasteiger partial charge in [-0.2, -0.15) is 0 Å². The second kappa shape index (κ2) is 20.7. The number of carboxylic acid groups (broad SMARTS) is 3. The molecule has 4 rings (SSSR count). The van der Waals surface area contributed by atoms with Crippen LogP contribution in [0.3, 0.4) is 0 Å². The van der Waals surface area contributed by atoms with Crippen LogP contribution >= 0.6 is 23.5 Å². The molecule has 1 unspecified atom stereocenters. The van der Waals surface area contributed by atoms with Crippen molar-refractivity contribution >= 4 is 59.2 Å². The maximum absolute atomic E-state index is 14.1. The minimum Gasteiger partial charge on any atom is -0.548 e. The van der Waals surface area contributed by atoms with Gasteiger partial charge in [-0.15, -0.1) is 23.5 Å². The number of nitrogens with two attached hydrogens (primary N) is 1. The first-order valence-electron chi connectivity index (χ1n) is 15.5. The summed E-state index contributed by atoms with van der Waals surface area (Å²) >= 11 is 1.91. The van der Waals surface area contributed by atoms with Crippen molar-refractivity contribution in [3.05, 3.63) is 59.7 Å². The molecule has 2 fully saturated rings. The summed E-state index contributed by atoms with van der Waals surface area (Å²) in [6.07, 6.45) is 0. The number of thioether (sulfide) groups is 2. The molecule has 276 valence electrons. The van der Waals surface area contributed by atoms with Gasteiger partial charge in [0.1, 0.15) is 29.6 Å². The molecular weight excluding hydrogens is 777 g/mol. The molecule has 3 amide bonds. The Morgan fingerprint density at radius 1 is 0.648 bits per heavy atom. The van der Waals surface area contributed by atoms with Crippen molar-refractivity contribution in [3.63, 3.8) is 0 Å². The van der Waals surface area contributed by atoms with Crippen molar-refractivity contribution in [2.45, 2.75) is 84.2 Å². The maximum atomic E-state index is 14.1. The van der Waals surface area contributed by atoms with Gasteiger partial charge in [-0.1, -0.05) is 24.3 Å². The second-order valence-corrected chi connectivity index (χ2v) is 16.6. The quantitative estimate of drug-likeness (QED) is 0.0871. The van der Waals surface area contributed by atoms with E-state index in [1.54, 1.807) is 27.7 Å². The SMILES string of the molecule is CC1(C)S[C@H]([C@H](NC(=O)[C@H](NC(=O)[C@H](NC(=O)C(N)c2ccc(O)cc2)[C@@H]2N[C@@H](C(=O)[O-])C(C)(C)S2)c2ccc(O)cc2)C(=O)[O-])N[C@H]1C(=O)[O-].[Na+].[Na+].[Na+]. The van der Waals surface area contributed by atoms with Gasteiger partial charge in [-0.25, -0.2) is 0 Å². The molecule has 2 aliphatic heterocycles. The van der Waals surface area contributed by atoms with Crippen molar-refractivity contribution in [2.75, 3.05) is 0 Å². The van der Waals surface area contributed by atoms with Gasteiger partial charge in [0, 0.05) is 9.49 Å². The van der Waals surface area contributed by atoms with Crippen molar-refractivity contribution in [2.24, 2.45) is 5.73 Å². The first kappa shape index (κ1) is 50.5. The Morgan fingerprint density at radius 2 is 1.04 bits per heavy atom. The topological polar surface area (TPSA) is 298 Å². The molecule has 22 heteroatoms. The second-order valence-electron chi connectivity index (χ2n) is 13.0. The Morgan fingerprint density at radius 3 is 1.43 bits per heavy atom. The summed E-state index contributed by atoms with van der Waals surface area (Å²) in [7, 11) is 0. The van der Waals surface area contributed by atoms with Gasteiger partial charge in [0.25, 0.3) is 0 Å². The van der Waals surface area contributed by atoms with Crippen LogP contribution in [-0.2, 0) is 28.8 Å². The molecule has 2 aliphatic rings. The van der Waals surface area contributed by atoms with Gasteiger partial charge in [0.2, 0.25) is 17.7 Å². The van der Waals surface area contributed by atoms with Crippen molar-refractivity contribution in [3.8, 4) is 11.5 Å². The Balaban J connectivity index is 0.00000486. The van der Waals surface area contributed by atoms with Crippen LogP contribution in [0.2, 0.25) is 0 Å². The zero-order valence-corrected chi connectivity index (χ0v) is 38.3. The number of hydrogen-bond donors (Lipinski definition) is 8. The van der Waals surface area contributed by atoms with E-state index in [0.29, 0.717) is 0 Å². The monoisotopic (exact) mass is 814 g/mol. The molecule has 9 N–H and O–H groups in total. The number of carbonyl (C=O) groups excluding carboxylic acids is 6. The molecule has 8 atom stereocenters. The summed E-state index contributed by atoms with van der Waals surface area (Å²) in [4.78, 5) is 77.4. The van der Waals surface area contributed by atoms with Crippen molar-refractivity contribution in [1.29, 1.82) is 0 Å². The van der Waals surface area contributed by atoms with E-state index in [-0.39, 0.29) is 111 Å². The first-order chi connectivity index (χ1) is 23.7. The molecule has 2 heterocycles. The van der Waals surface area contributed by atoms with Gasteiger partial charge < -0.3 is 61.6 Å². The fourth-order valence-corrected chi connectivity index (χ4v) is 8.63. The van der Waals surface area contributed by atoms with E-state index in [0.717, 1.165) is 23.5 Å². The van der Waals surface area contributed by atoms with Crippen LogP contribution in [0, 0.1) is 0 Å². The van der Waals surface area contributed by atoms with E-state index >= 15 is 0 Å². The Bertz CT molecular complexity index is 1690. The third kappa shape index (κ3) is 12.2. The Hall–Kier alpha value is -1.56. The number of nitrogens with one attached hydrogen (secondary N) is 5. The average Bonchev–Trinajstić information content (AvgIpc) is 3.55. The summed E-state index contributed by atoms with van der Waals surface area (Å²) in [6.45, 7) is 6.25. The van der Waals surface area contributed by atoms with Crippen LogP contribution in [0.5, 0.6) is 11.5 Å². The van der Waals surface area contributed by atoms with E-state index in [1.165, 1.54) is 48.5 Å². The fraction of sp³-hybridized carbons (Fsp3) is 0.438. The standard InChI is InChI=1S/C32H40N6O11S2.3Na/c1-31(2)21(29(46)47)37-26(50-31)19(35-23(41)17(33)13-5-9-15(39)10-6-13)25(43)34-18(14-7-11-16(40)12-8-14)24(42)36-20(28(44)45)27-38-22(30(48)49)32(3,4)51-27;;;/h5-12,17-22,26-27,37-40H,33H2,1-4H3,(H,34,43)(H,35,41)(H,36,42)(H,44,45)(H,46,47)(H,48,49);;;/q;3*+1/p-3/t17?,18-,19+,20+,21+,22+,26-,27-;;;/m1.../s1. The largest absolute Gasteiger partial charge is 1.00 e. The smallest absolute Gasteiger partial charge is 0.548 e. The third-order valence-electron chi connectivity index (χ3n) is 8.43. The predicted molar refractivity (Wildman–Crippen MR) is 178 cm³/mol.